The summed E-state index contributed by atoms with van der Waals surface area (Å²) >= 11 is 4.99. The van der Waals surface area contributed by atoms with Crippen LogP contribution in [0.25, 0.3) is 0 Å². The minimum Gasteiger partial charge on any atom is -0.383 e. The summed E-state index contributed by atoms with van der Waals surface area (Å²) in [5, 5.41) is 3.31. The summed E-state index contributed by atoms with van der Waals surface area (Å²) in [6.45, 7) is 0.793. The Hall–Kier alpha value is -1.00. The van der Waals surface area contributed by atoms with Crippen LogP contribution in [-0.4, -0.2) is 12.3 Å². The van der Waals surface area contributed by atoms with Crippen molar-refractivity contribution in [1.29, 1.82) is 0 Å². The van der Waals surface area contributed by atoms with Crippen LogP contribution in [0.2, 0.25) is 0 Å². The molecule has 0 radical (unpaired) electrons. The number of hydrogen-bond acceptors (Lipinski definition) is 2. The van der Waals surface area contributed by atoms with E-state index in [1.807, 2.05) is 30.3 Å². The molecule has 0 amide bonds. The maximum absolute atomic E-state index is 13.4. The van der Waals surface area contributed by atoms with Gasteiger partial charge in [0.05, 0.1) is 0 Å². The van der Waals surface area contributed by atoms with Gasteiger partial charge in [-0.3, -0.25) is 0 Å². The molecule has 0 unspecified atom stereocenters. The first-order valence-electron chi connectivity index (χ1n) is 5.63. The van der Waals surface area contributed by atoms with Gasteiger partial charge in [0.2, 0.25) is 0 Å². The molecule has 0 aliphatic heterocycles. The number of nitrogens with one attached hydrogen (secondary N) is 1. The van der Waals surface area contributed by atoms with Gasteiger partial charge in [-0.1, -0.05) is 24.3 Å². The Labute approximate surface area is 119 Å². The van der Waals surface area contributed by atoms with Crippen LogP contribution in [0.4, 0.5) is 10.1 Å². The van der Waals surface area contributed by atoms with Crippen LogP contribution in [0.1, 0.15) is 0 Å². The molecule has 18 heavy (non-hydrogen) atoms. The number of hydrogen-bond donors (Lipinski definition) is 1. The van der Waals surface area contributed by atoms with Crippen molar-refractivity contribution in [3.8, 4) is 0 Å². The smallest absolute Gasteiger partial charge is 0.136 e. The molecule has 4 heteroatoms. The standard InChI is InChI=1S/C14H13BrFNS/c15-11-5-1-3-7-13(11)17-9-10-18-14-8-4-2-6-12(14)16/h1-8,17H,9-10H2. The van der Waals surface area contributed by atoms with Crippen LogP contribution in [0.15, 0.2) is 57.9 Å². The van der Waals surface area contributed by atoms with Crippen molar-refractivity contribution in [3.63, 3.8) is 0 Å². The van der Waals surface area contributed by atoms with Gasteiger partial charge in [-0.05, 0) is 40.2 Å². The molecule has 0 aliphatic rings. The Morgan fingerprint density at radius 2 is 1.78 bits per heavy atom. The fraction of sp³-hybridized carbons (Fsp3) is 0.143. The third-order valence-corrected chi connectivity index (χ3v) is 4.13. The average molecular weight is 326 g/mol. The molecule has 0 saturated heterocycles. The van der Waals surface area contributed by atoms with Crippen molar-refractivity contribution in [3.05, 3.63) is 58.8 Å². The predicted molar refractivity (Wildman–Crippen MR) is 79.8 cm³/mol. The first kappa shape index (κ1) is 13.4. The predicted octanol–water partition coefficient (Wildman–Crippen LogP) is 4.79. The van der Waals surface area contributed by atoms with Gasteiger partial charge in [-0.2, -0.15) is 0 Å². The second kappa shape index (κ2) is 6.81. The van der Waals surface area contributed by atoms with E-state index in [1.54, 1.807) is 12.1 Å². The maximum atomic E-state index is 13.4. The summed E-state index contributed by atoms with van der Waals surface area (Å²) in [5.41, 5.74) is 1.06. The Kier molecular flexibility index (Phi) is 5.08. The lowest BCUT2D eigenvalue weighted by Gasteiger charge is -2.08. The van der Waals surface area contributed by atoms with Crippen LogP contribution in [-0.2, 0) is 0 Å². The van der Waals surface area contributed by atoms with Crippen molar-refractivity contribution in [2.45, 2.75) is 4.90 Å². The van der Waals surface area contributed by atoms with Gasteiger partial charge in [0.25, 0.3) is 0 Å². The summed E-state index contributed by atoms with van der Waals surface area (Å²) in [4.78, 5) is 0.700. The van der Waals surface area contributed by atoms with E-state index in [-0.39, 0.29) is 5.82 Å². The monoisotopic (exact) mass is 325 g/mol. The molecule has 0 spiro atoms. The molecule has 2 aromatic carbocycles. The van der Waals surface area contributed by atoms with Crippen LogP contribution < -0.4 is 5.32 Å². The highest BCUT2D eigenvalue weighted by atomic mass is 79.9. The molecule has 94 valence electrons. The zero-order valence-corrected chi connectivity index (χ0v) is 12.1. The van der Waals surface area contributed by atoms with Gasteiger partial charge in [0, 0.05) is 27.4 Å². The minimum atomic E-state index is -0.150. The van der Waals surface area contributed by atoms with Crippen molar-refractivity contribution in [1.82, 2.24) is 0 Å². The molecule has 0 atom stereocenters. The van der Waals surface area contributed by atoms with Crippen LogP contribution >= 0.6 is 27.7 Å². The van der Waals surface area contributed by atoms with Gasteiger partial charge in [0.1, 0.15) is 5.82 Å². The maximum Gasteiger partial charge on any atom is 0.136 e. The zero-order valence-electron chi connectivity index (χ0n) is 9.70. The first-order chi connectivity index (χ1) is 8.77. The Morgan fingerprint density at radius 1 is 1.06 bits per heavy atom. The molecular formula is C14H13BrFNS. The Bertz CT molecular complexity index is 471. The van der Waals surface area contributed by atoms with E-state index in [1.165, 1.54) is 17.8 Å². The van der Waals surface area contributed by atoms with E-state index < -0.39 is 0 Å². The van der Waals surface area contributed by atoms with Gasteiger partial charge in [-0.25, -0.2) is 4.39 Å². The van der Waals surface area contributed by atoms with Crippen LogP contribution in [0.5, 0.6) is 0 Å². The fourth-order valence-corrected chi connectivity index (χ4v) is 2.74. The van der Waals surface area contributed by atoms with Gasteiger partial charge >= 0.3 is 0 Å². The zero-order chi connectivity index (χ0) is 12.8. The van der Waals surface area contributed by atoms with E-state index in [9.17, 15) is 4.39 Å². The summed E-state index contributed by atoms with van der Waals surface area (Å²) in [7, 11) is 0. The number of halogens is 2. The number of para-hydroxylation sites is 1. The lowest BCUT2D eigenvalue weighted by atomic mass is 10.3. The van der Waals surface area contributed by atoms with Crippen molar-refractivity contribution < 1.29 is 4.39 Å². The highest BCUT2D eigenvalue weighted by Crippen LogP contribution is 2.23. The van der Waals surface area contributed by atoms with Crippen LogP contribution in [0.3, 0.4) is 0 Å². The Morgan fingerprint density at radius 3 is 2.56 bits per heavy atom. The molecule has 0 bridgehead atoms. The molecule has 0 aromatic heterocycles. The molecule has 1 nitrogen and oxygen atoms in total. The van der Waals surface area contributed by atoms with E-state index in [4.69, 9.17) is 0 Å². The topological polar surface area (TPSA) is 12.0 Å². The molecule has 0 fully saturated rings. The molecular weight excluding hydrogens is 313 g/mol. The fourth-order valence-electron chi connectivity index (χ4n) is 1.51. The van der Waals surface area contributed by atoms with Gasteiger partial charge < -0.3 is 5.32 Å². The molecule has 0 heterocycles. The quantitative estimate of drug-likeness (QED) is 0.626. The van der Waals surface area contributed by atoms with Crippen molar-refractivity contribution >= 4 is 33.4 Å². The first-order valence-corrected chi connectivity index (χ1v) is 7.41. The minimum absolute atomic E-state index is 0.150. The summed E-state index contributed by atoms with van der Waals surface area (Å²) in [6.07, 6.45) is 0. The number of benzene rings is 2. The molecule has 0 aliphatic carbocycles. The second-order valence-corrected chi connectivity index (χ2v) is 5.68. The largest absolute Gasteiger partial charge is 0.383 e. The number of anilines is 1. The van der Waals surface area contributed by atoms with E-state index in [2.05, 4.69) is 21.2 Å². The van der Waals surface area contributed by atoms with Gasteiger partial charge in [-0.15, -0.1) is 11.8 Å². The van der Waals surface area contributed by atoms with Crippen molar-refractivity contribution in [2.24, 2.45) is 0 Å². The SMILES string of the molecule is Fc1ccccc1SCCNc1ccccc1Br. The van der Waals surface area contributed by atoms with E-state index in [0.717, 1.165) is 22.5 Å². The lowest BCUT2D eigenvalue weighted by Crippen LogP contribution is -2.04. The molecule has 2 aromatic rings. The summed E-state index contributed by atoms with van der Waals surface area (Å²) in [5.74, 6) is 0.672. The number of rotatable bonds is 5. The van der Waals surface area contributed by atoms with E-state index in [0.29, 0.717) is 4.90 Å². The highest BCUT2D eigenvalue weighted by Gasteiger charge is 2.01. The summed E-state index contributed by atoms with van der Waals surface area (Å²) < 4.78 is 14.4. The Balaban J connectivity index is 1.80. The van der Waals surface area contributed by atoms with Crippen LogP contribution in [0, 0.1) is 5.82 Å². The average Bonchev–Trinajstić information content (AvgIpc) is 2.38. The normalized spacial score (nSPS) is 10.3. The molecule has 0 saturated carbocycles. The third-order valence-electron chi connectivity index (χ3n) is 2.39. The molecule has 1 N–H and O–H groups in total. The summed E-state index contributed by atoms with van der Waals surface area (Å²) in [6, 6.07) is 14.8. The van der Waals surface area contributed by atoms with Gasteiger partial charge in [0.15, 0.2) is 0 Å². The van der Waals surface area contributed by atoms with E-state index >= 15 is 0 Å². The van der Waals surface area contributed by atoms with Crippen molar-refractivity contribution in [2.75, 3.05) is 17.6 Å². The third kappa shape index (κ3) is 3.75. The molecule has 2 rings (SSSR count). The number of thioether (sulfide) groups is 1. The highest BCUT2D eigenvalue weighted by molar-refractivity contribution is 9.10. The second-order valence-electron chi connectivity index (χ2n) is 3.69. The lowest BCUT2D eigenvalue weighted by molar-refractivity contribution is 0.602.